The minimum absolute atomic E-state index is 0.0390. The molecule has 7 nitrogen and oxygen atoms in total. The van der Waals surface area contributed by atoms with Crippen LogP contribution < -0.4 is 14.8 Å². The van der Waals surface area contributed by atoms with E-state index in [0.29, 0.717) is 5.56 Å². The van der Waals surface area contributed by atoms with Gasteiger partial charge in [-0.2, -0.15) is 8.78 Å². The molecule has 132 valence electrons. The van der Waals surface area contributed by atoms with Crippen LogP contribution in [0.2, 0.25) is 0 Å². The highest BCUT2D eigenvalue weighted by molar-refractivity contribution is 6.04. The van der Waals surface area contributed by atoms with Crippen LogP contribution in [0, 0.1) is 17.0 Å². The molecular weight excluding hydrogens is 338 g/mol. The lowest BCUT2D eigenvalue weighted by Gasteiger charge is -2.11. The number of halogens is 2. The molecule has 0 heterocycles. The zero-order valence-electron chi connectivity index (χ0n) is 13.3. The standard InChI is InChI=1S/C16H14F2N2O5/c1-9-3-5-11(8-12(9)20(22)23)19-15(21)10-4-6-13(25-16(17)18)14(7-10)24-2/h3-8,16H,1-2H3,(H,19,21). The van der Waals surface area contributed by atoms with Gasteiger partial charge < -0.3 is 14.8 Å². The lowest BCUT2D eigenvalue weighted by atomic mass is 10.1. The molecule has 2 aromatic carbocycles. The second-order valence-electron chi connectivity index (χ2n) is 4.96. The molecule has 0 fully saturated rings. The fraction of sp³-hybridized carbons (Fsp3) is 0.188. The van der Waals surface area contributed by atoms with Crippen LogP contribution in [-0.2, 0) is 0 Å². The zero-order chi connectivity index (χ0) is 18.6. The normalized spacial score (nSPS) is 10.4. The molecule has 0 saturated carbocycles. The first-order chi connectivity index (χ1) is 11.8. The summed E-state index contributed by atoms with van der Waals surface area (Å²) in [5.74, 6) is -0.831. The first kappa shape index (κ1) is 18.1. The van der Waals surface area contributed by atoms with E-state index in [0.717, 1.165) is 0 Å². The predicted molar refractivity (Wildman–Crippen MR) is 85.4 cm³/mol. The van der Waals surface area contributed by atoms with Gasteiger partial charge in [0.2, 0.25) is 0 Å². The Morgan fingerprint density at radius 2 is 1.92 bits per heavy atom. The summed E-state index contributed by atoms with van der Waals surface area (Å²) in [6, 6.07) is 7.95. The van der Waals surface area contributed by atoms with Crippen LogP contribution in [0.5, 0.6) is 11.5 Å². The second kappa shape index (κ2) is 7.56. The van der Waals surface area contributed by atoms with E-state index in [1.54, 1.807) is 6.92 Å². The fourth-order valence-electron chi connectivity index (χ4n) is 2.09. The Bertz CT molecular complexity index is 811. The number of hydrogen-bond acceptors (Lipinski definition) is 5. The monoisotopic (exact) mass is 352 g/mol. The number of nitrogens with one attached hydrogen (secondary N) is 1. The van der Waals surface area contributed by atoms with Crippen LogP contribution in [0.1, 0.15) is 15.9 Å². The summed E-state index contributed by atoms with van der Waals surface area (Å²) >= 11 is 0. The van der Waals surface area contributed by atoms with E-state index >= 15 is 0 Å². The summed E-state index contributed by atoms with van der Waals surface area (Å²) in [7, 11) is 1.25. The van der Waals surface area contributed by atoms with Crippen LogP contribution in [-0.4, -0.2) is 24.6 Å². The Morgan fingerprint density at radius 1 is 1.20 bits per heavy atom. The predicted octanol–water partition coefficient (Wildman–Crippen LogP) is 3.77. The quantitative estimate of drug-likeness (QED) is 0.631. The van der Waals surface area contributed by atoms with Crippen molar-refractivity contribution in [2.24, 2.45) is 0 Å². The van der Waals surface area contributed by atoms with Gasteiger partial charge in [-0.1, -0.05) is 6.07 Å². The number of hydrogen-bond donors (Lipinski definition) is 1. The number of rotatable bonds is 6. The van der Waals surface area contributed by atoms with E-state index in [2.05, 4.69) is 10.1 Å². The molecule has 0 bridgehead atoms. The van der Waals surface area contributed by atoms with Gasteiger partial charge in [-0.25, -0.2) is 0 Å². The minimum atomic E-state index is -3.03. The van der Waals surface area contributed by atoms with Crippen molar-refractivity contribution in [2.75, 3.05) is 12.4 Å². The average Bonchev–Trinajstić information content (AvgIpc) is 2.56. The van der Waals surface area contributed by atoms with E-state index in [-0.39, 0.29) is 28.4 Å². The van der Waals surface area contributed by atoms with E-state index in [1.165, 1.54) is 43.5 Å². The van der Waals surface area contributed by atoms with E-state index in [9.17, 15) is 23.7 Å². The molecule has 9 heteroatoms. The van der Waals surface area contributed by atoms with Gasteiger partial charge in [0.05, 0.1) is 12.0 Å². The van der Waals surface area contributed by atoms with E-state index in [1.807, 2.05) is 0 Å². The molecule has 0 spiro atoms. The first-order valence-corrected chi connectivity index (χ1v) is 7.01. The summed E-state index contributed by atoms with van der Waals surface area (Å²) in [4.78, 5) is 22.6. The Labute approximate surface area is 141 Å². The van der Waals surface area contributed by atoms with Crippen molar-refractivity contribution in [3.63, 3.8) is 0 Å². The van der Waals surface area contributed by atoms with Crippen molar-refractivity contribution in [1.82, 2.24) is 0 Å². The van der Waals surface area contributed by atoms with Crippen molar-refractivity contribution < 1.29 is 28.0 Å². The molecule has 0 saturated heterocycles. The van der Waals surface area contributed by atoms with Crippen LogP contribution in [0.3, 0.4) is 0 Å². The highest BCUT2D eigenvalue weighted by atomic mass is 19.3. The molecular formula is C16H14F2N2O5. The average molecular weight is 352 g/mol. The number of amides is 1. The molecule has 0 aliphatic heterocycles. The molecule has 0 aliphatic rings. The molecule has 0 atom stereocenters. The molecule has 2 rings (SSSR count). The number of nitrogens with zero attached hydrogens (tertiary/aromatic N) is 1. The number of anilines is 1. The van der Waals surface area contributed by atoms with Gasteiger partial charge in [0, 0.05) is 22.9 Å². The number of carbonyl (C=O) groups excluding carboxylic acids is 1. The number of alkyl halides is 2. The van der Waals surface area contributed by atoms with E-state index < -0.39 is 17.4 Å². The number of aryl methyl sites for hydroxylation is 1. The van der Waals surface area contributed by atoms with Crippen molar-refractivity contribution in [1.29, 1.82) is 0 Å². The topological polar surface area (TPSA) is 90.7 Å². The van der Waals surface area contributed by atoms with Crippen LogP contribution >= 0.6 is 0 Å². The number of carbonyl (C=O) groups is 1. The van der Waals surface area contributed by atoms with Crippen molar-refractivity contribution in [3.05, 3.63) is 57.6 Å². The lowest BCUT2D eigenvalue weighted by molar-refractivity contribution is -0.385. The third-order valence-electron chi connectivity index (χ3n) is 3.31. The molecule has 1 N–H and O–H groups in total. The largest absolute Gasteiger partial charge is 0.493 e. The minimum Gasteiger partial charge on any atom is -0.493 e. The van der Waals surface area contributed by atoms with Crippen molar-refractivity contribution in [2.45, 2.75) is 13.5 Å². The number of nitro groups is 1. The zero-order valence-corrected chi connectivity index (χ0v) is 13.3. The summed E-state index contributed by atoms with van der Waals surface area (Å²) in [6.45, 7) is -1.45. The van der Waals surface area contributed by atoms with E-state index in [4.69, 9.17) is 4.74 Å². The molecule has 0 unspecified atom stereocenters. The summed E-state index contributed by atoms with van der Waals surface area (Å²) < 4.78 is 33.8. The maximum absolute atomic E-state index is 12.3. The Morgan fingerprint density at radius 3 is 2.52 bits per heavy atom. The van der Waals surface area contributed by atoms with Crippen LogP contribution in [0.15, 0.2) is 36.4 Å². The summed E-state index contributed by atoms with van der Waals surface area (Å²) in [6.07, 6.45) is 0. The van der Waals surface area contributed by atoms with Gasteiger partial charge in [-0.15, -0.1) is 0 Å². The Balaban J connectivity index is 2.24. The van der Waals surface area contributed by atoms with Gasteiger partial charge in [0.1, 0.15) is 0 Å². The summed E-state index contributed by atoms with van der Waals surface area (Å²) in [5, 5.41) is 13.4. The molecule has 2 aromatic rings. The van der Waals surface area contributed by atoms with Gasteiger partial charge >= 0.3 is 6.61 Å². The molecule has 25 heavy (non-hydrogen) atoms. The third kappa shape index (κ3) is 4.40. The second-order valence-corrected chi connectivity index (χ2v) is 4.96. The Hall–Kier alpha value is -3.23. The van der Waals surface area contributed by atoms with Crippen molar-refractivity contribution in [3.8, 4) is 11.5 Å². The highest BCUT2D eigenvalue weighted by Crippen LogP contribution is 2.30. The van der Waals surface area contributed by atoms with Gasteiger partial charge in [-0.05, 0) is 31.2 Å². The third-order valence-corrected chi connectivity index (χ3v) is 3.31. The maximum atomic E-state index is 12.3. The first-order valence-electron chi connectivity index (χ1n) is 7.01. The molecule has 0 aromatic heterocycles. The number of methoxy groups -OCH3 is 1. The highest BCUT2D eigenvalue weighted by Gasteiger charge is 2.16. The maximum Gasteiger partial charge on any atom is 0.387 e. The molecule has 1 amide bonds. The van der Waals surface area contributed by atoms with Crippen LogP contribution in [0.4, 0.5) is 20.2 Å². The Kier molecular flexibility index (Phi) is 5.48. The number of ether oxygens (including phenoxy) is 2. The van der Waals surface area contributed by atoms with Crippen molar-refractivity contribution >= 4 is 17.3 Å². The fourth-order valence-corrected chi connectivity index (χ4v) is 2.09. The lowest BCUT2D eigenvalue weighted by Crippen LogP contribution is -2.13. The van der Waals surface area contributed by atoms with Gasteiger partial charge in [0.25, 0.3) is 11.6 Å². The summed E-state index contributed by atoms with van der Waals surface area (Å²) in [5.41, 5.74) is 0.671. The SMILES string of the molecule is COc1cc(C(=O)Nc2ccc(C)c([N+](=O)[O-])c2)ccc1OC(F)F. The number of benzene rings is 2. The van der Waals surface area contributed by atoms with Gasteiger partial charge in [-0.3, -0.25) is 14.9 Å². The molecule has 0 radical (unpaired) electrons. The van der Waals surface area contributed by atoms with Gasteiger partial charge in [0.15, 0.2) is 11.5 Å². The number of nitro benzene ring substituents is 1. The smallest absolute Gasteiger partial charge is 0.387 e. The molecule has 0 aliphatic carbocycles. The van der Waals surface area contributed by atoms with Crippen LogP contribution in [0.25, 0.3) is 0 Å².